The molecule has 180 valence electrons. The lowest BCUT2D eigenvalue weighted by Gasteiger charge is -2.37. The zero-order chi connectivity index (χ0) is 24.3. The van der Waals surface area contributed by atoms with Crippen molar-refractivity contribution in [2.24, 2.45) is 0 Å². The molecule has 9 nitrogen and oxygen atoms in total. The van der Waals surface area contributed by atoms with Crippen molar-refractivity contribution in [1.29, 1.82) is 0 Å². The van der Waals surface area contributed by atoms with E-state index < -0.39 is 17.8 Å². The summed E-state index contributed by atoms with van der Waals surface area (Å²) < 4.78 is 11.1. The number of hydrogen-bond acceptors (Lipinski definition) is 6. The van der Waals surface area contributed by atoms with Crippen molar-refractivity contribution in [2.45, 2.75) is 59.2 Å². The number of amides is 3. The Balaban J connectivity index is 1.70. The SMILES string of the molecule is CCCC(=O)c1ccc2c(c1)N(CC(=O)N1CCN(C(=O)OC(C)(C)C)CC1)C(=O)C(C)O2. The van der Waals surface area contributed by atoms with Gasteiger partial charge in [-0.15, -0.1) is 0 Å². The molecule has 0 bridgehead atoms. The largest absolute Gasteiger partial charge is 0.479 e. The third-order valence-electron chi connectivity index (χ3n) is 5.54. The van der Waals surface area contributed by atoms with Crippen LogP contribution in [0.4, 0.5) is 10.5 Å². The third-order valence-corrected chi connectivity index (χ3v) is 5.54. The van der Waals surface area contributed by atoms with E-state index in [4.69, 9.17) is 9.47 Å². The number of Topliss-reactive ketones (excluding diaryl/α,β-unsaturated/α-hetero) is 1. The van der Waals surface area contributed by atoms with Gasteiger partial charge in [0.2, 0.25) is 5.91 Å². The van der Waals surface area contributed by atoms with E-state index in [0.29, 0.717) is 49.6 Å². The molecule has 2 aliphatic rings. The van der Waals surface area contributed by atoms with Crippen LogP contribution >= 0.6 is 0 Å². The van der Waals surface area contributed by atoms with E-state index in [1.807, 2.05) is 27.7 Å². The standard InChI is InChI=1S/C24H33N3O6/c1-6-7-19(28)17-8-9-20-18(14-17)27(22(30)16(2)32-20)15-21(29)25-10-12-26(13-11-25)23(31)33-24(3,4)5/h8-9,14,16H,6-7,10-13,15H2,1-5H3. The van der Waals surface area contributed by atoms with E-state index in [2.05, 4.69) is 0 Å². The second kappa shape index (κ2) is 9.80. The first-order chi connectivity index (χ1) is 15.5. The van der Waals surface area contributed by atoms with Crippen LogP contribution in [0.2, 0.25) is 0 Å². The van der Waals surface area contributed by atoms with E-state index in [-0.39, 0.29) is 24.1 Å². The van der Waals surface area contributed by atoms with Gasteiger partial charge in [0.15, 0.2) is 11.9 Å². The van der Waals surface area contributed by atoms with Crippen molar-refractivity contribution in [3.05, 3.63) is 23.8 Å². The predicted octanol–water partition coefficient (Wildman–Crippen LogP) is 2.86. The molecule has 3 amide bonds. The molecule has 9 heteroatoms. The van der Waals surface area contributed by atoms with Crippen molar-refractivity contribution in [3.63, 3.8) is 0 Å². The highest BCUT2D eigenvalue weighted by molar-refractivity contribution is 6.05. The topological polar surface area (TPSA) is 96.5 Å². The quantitative estimate of drug-likeness (QED) is 0.628. The van der Waals surface area contributed by atoms with Crippen LogP contribution < -0.4 is 9.64 Å². The Bertz CT molecular complexity index is 931. The summed E-state index contributed by atoms with van der Waals surface area (Å²) in [5.41, 5.74) is 0.341. The van der Waals surface area contributed by atoms with E-state index in [0.717, 1.165) is 6.42 Å². The smallest absolute Gasteiger partial charge is 0.410 e. The minimum absolute atomic E-state index is 0.0177. The van der Waals surface area contributed by atoms with E-state index >= 15 is 0 Å². The predicted molar refractivity (Wildman–Crippen MR) is 123 cm³/mol. The molecule has 0 spiro atoms. The molecule has 0 aromatic heterocycles. The summed E-state index contributed by atoms with van der Waals surface area (Å²) in [5.74, 6) is -0.102. The monoisotopic (exact) mass is 459 g/mol. The average molecular weight is 460 g/mol. The van der Waals surface area contributed by atoms with Gasteiger partial charge in [0.05, 0.1) is 5.69 Å². The van der Waals surface area contributed by atoms with Crippen molar-refractivity contribution >= 4 is 29.4 Å². The highest BCUT2D eigenvalue weighted by atomic mass is 16.6. The Morgan fingerprint density at radius 1 is 1.09 bits per heavy atom. The average Bonchev–Trinajstić information content (AvgIpc) is 2.75. The summed E-state index contributed by atoms with van der Waals surface area (Å²) in [6, 6.07) is 5.00. The molecule has 0 radical (unpaired) electrons. The lowest BCUT2D eigenvalue weighted by atomic mass is 10.0. The van der Waals surface area contributed by atoms with Gasteiger partial charge in [-0.25, -0.2) is 4.79 Å². The molecule has 3 rings (SSSR count). The first-order valence-corrected chi connectivity index (χ1v) is 11.4. The molecule has 1 aromatic rings. The van der Waals surface area contributed by atoms with Gasteiger partial charge in [-0.05, 0) is 52.3 Å². The number of carbonyl (C=O) groups is 4. The Kier molecular flexibility index (Phi) is 7.29. The molecule has 0 N–H and O–H groups in total. The highest BCUT2D eigenvalue weighted by Gasteiger charge is 2.35. The summed E-state index contributed by atoms with van der Waals surface area (Å²) in [6.07, 6.45) is 0.00142. The molecule has 33 heavy (non-hydrogen) atoms. The van der Waals surface area contributed by atoms with Crippen molar-refractivity contribution in [3.8, 4) is 5.75 Å². The van der Waals surface area contributed by atoms with Gasteiger partial charge in [-0.2, -0.15) is 0 Å². The number of hydrogen-bond donors (Lipinski definition) is 0. The summed E-state index contributed by atoms with van der Waals surface area (Å²) in [7, 11) is 0. The summed E-state index contributed by atoms with van der Waals surface area (Å²) in [4.78, 5) is 55.2. The fraction of sp³-hybridized carbons (Fsp3) is 0.583. The first-order valence-electron chi connectivity index (χ1n) is 11.4. The minimum Gasteiger partial charge on any atom is -0.479 e. The van der Waals surface area contributed by atoms with E-state index in [1.54, 1.807) is 34.9 Å². The van der Waals surface area contributed by atoms with Gasteiger partial charge < -0.3 is 19.3 Å². The Morgan fingerprint density at radius 3 is 2.33 bits per heavy atom. The van der Waals surface area contributed by atoms with Crippen LogP contribution in [-0.2, 0) is 14.3 Å². The number of piperazine rings is 1. The van der Waals surface area contributed by atoms with Crippen LogP contribution in [0.1, 0.15) is 57.8 Å². The number of anilines is 1. The number of rotatable bonds is 5. The second-order valence-electron chi connectivity index (χ2n) is 9.39. The molecular formula is C24H33N3O6. The third kappa shape index (κ3) is 5.83. The van der Waals surface area contributed by atoms with Crippen LogP contribution in [0, 0.1) is 0 Å². The molecule has 0 aliphatic carbocycles. The molecule has 1 aromatic carbocycles. The summed E-state index contributed by atoms with van der Waals surface area (Å²) >= 11 is 0. The molecule has 2 aliphatic heterocycles. The number of fused-ring (bicyclic) bond motifs is 1. The van der Waals surface area contributed by atoms with Gasteiger partial charge in [0.25, 0.3) is 5.91 Å². The zero-order valence-corrected chi connectivity index (χ0v) is 20.1. The summed E-state index contributed by atoms with van der Waals surface area (Å²) in [5, 5.41) is 0. The maximum Gasteiger partial charge on any atom is 0.410 e. The minimum atomic E-state index is -0.730. The van der Waals surface area contributed by atoms with Crippen LogP contribution in [0.15, 0.2) is 18.2 Å². The first kappa shape index (κ1) is 24.5. The van der Waals surface area contributed by atoms with Crippen molar-refractivity contribution < 1.29 is 28.7 Å². The van der Waals surface area contributed by atoms with E-state index in [1.165, 1.54) is 4.90 Å². The van der Waals surface area contributed by atoms with Gasteiger partial charge in [0, 0.05) is 38.2 Å². The van der Waals surface area contributed by atoms with Crippen LogP contribution in [0.5, 0.6) is 5.75 Å². The maximum atomic E-state index is 13.0. The molecule has 1 atom stereocenters. The van der Waals surface area contributed by atoms with Gasteiger partial charge in [0.1, 0.15) is 17.9 Å². The molecule has 1 unspecified atom stereocenters. The Hall–Kier alpha value is -3.10. The second-order valence-corrected chi connectivity index (χ2v) is 9.39. The summed E-state index contributed by atoms with van der Waals surface area (Å²) in [6.45, 7) is 10.3. The van der Waals surface area contributed by atoms with Crippen LogP contribution in [0.25, 0.3) is 0 Å². The number of carbonyl (C=O) groups excluding carboxylic acids is 4. The molecule has 0 saturated carbocycles. The Morgan fingerprint density at radius 2 is 1.73 bits per heavy atom. The normalized spacial score (nSPS) is 18.5. The number of nitrogens with zero attached hydrogens (tertiary/aromatic N) is 3. The number of ether oxygens (including phenoxy) is 2. The van der Waals surface area contributed by atoms with E-state index in [9.17, 15) is 19.2 Å². The zero-order valence-electron chi connectivity index (χ0n) is 20.1. The maximum absolute atomic E-state index is 13.0. The fourth-order valence-corrected chi connectivity index (χ4v) is 3.82. The van der Waals surface area contributed by atoms with Gasteiger partial charge in [-0.3, -0.25) is 19.3 Å². The lowest BCUT2D eigenvalue weighted by molar-refractivity contribution is -0.134. The molecule has 1 fully saturated rings. The molecular weight excluding hydrogens is 426 g/mol. The fourth-order valence-electron chi connectivity index (χ4n) is 3.82. The molecule has 2 heterocycles. The van der Waals surface area contributed by atoms with Crippen molar-refractivity contribution in [1.82, 2.24) is 9.80 Å². The highest BCUT2D eigenvalue weighted by Crippen LogP contribution is 2.35. The molecule has 1 saturated heterocycles. The van der Waals surface area contributed by atoms with Crippen LogP contribution in [0.3, 0.4) is 0 Å². The van der Waals surface area contributed by atoms with Crippen LogP contribution in [-0.4, -0.2) is 77.9 Å². The lowest BCUT2D eigenvalue weighted by Crippen LogP contribution is -2.55. The number of ketones is 1. The van der Waals surface area contributed by atoms with Gasteiger partial charge >= 0.3 is 6.09 Å². The van der Waals surface area contributed by atoms with Gasteiger partial charge in [-0.1, -0.05) is 6.92 Å². The number of benzene rings is 1. The Labute approximate surface area is 194 Å². The van der Waals surface area contributed by atoms with Crippen molar-refractivity contribution in [2.75, 3.05) is 37.6 Å².